The molecule has 0 aliphatic carbocycles. The standard InChI is InChI=1S/C24H25N2/c1-25-16-4-3-7-23(25)14-10-19-8-11-20(12-9-19)21-13-15-24-22(18-21)6-5-17-26(24)2/h3-4,7-16,18H,5-6,17H2,1-2H3/q+1. The molecule has 2 heterocycles. The van der Waals surface area contributed by atoms with E-state index >= 15 is 0 Å². The van der Waals surface area contributed by atoms with E-state index < -0.39 is 0 Å². The molecule has 1 aromatic heterocycles. The highest BCUT2D eigenvalue weighted by Crippen LogP contribution is 2.31. The number of hydrogen-bond acceptors (Lipinski definition) is 1. The molecule has 3 aromatic rings. The molecule has 130 valence electrons. The van der Waals surface area contributed by atoms with Crippen LogP contribution in [0, 0.1) is 0 Å². The zero-order valence-electron chi connectivity index (χ0n) is 15.5. The van der Waals surface area contributed by atoms with Crippen LogP contribution in [0.1, 0.15) is 23.2 Å². The zero-order chi connectivity index (χ0) is 17.9. The maximum atomic E-state index is 2.36. The van der Waals surface area contributed by atoms with Gasteiger partial charge in [-0.3, -0.25) is 0 Å². The van der Waals surface area contributed by atoms with Crippen molar-refractivity contribution in [3.8, 4) is 11.1 Å². The molecule has 0 unspecified atom stereocenters. The van der Waals surface area contributed by atoms with Crippen molar-refractivity contribution >= 4 is 17.8 Å². The lowest BCUT2D eigenvalue weighted by atomic mass is 9.96. The first-order valence-electron chi connectivity index (χ1n) is 9.28. The minimum absolute atomic E-state index is 1.16. The minimum atomic E-state index is 1.16. The van der Waals surface area contributed by atoms with E-state index in [1.165, 1.54) is 46.5 Å². The molecule has 0 spiro atoms. The molecular weight excluding hydrogens is 316 g/mol. The number of benzene rings is 2. The van der Waals surface area contributed by atoms with E-state index in [2.05, 4.69) is 96.5 Å². The Morgan fingerprint density at radius 2 is 1.73 bits per heavy atom. The van der Waals surface area contributed by atoms with Crippen molar-refractivity contribution in [3.63, 3.8) is 0 Å². The first-order chi connectivity index (χ1) is 12.7. The van der Waals surface area contributed by atoms with Crippen molar-refractivity contribution in [2.45, 2.75) is 12.8 Å². The maximum Gasteiger partial charge on any atom is 0.204 e. The molecule has 2 nitrogen and oxygen atoms in total. The number of rotatable bonds is 3. The molecule has 4 rings (SSSR count). The quantitative estimate of drug-likeness (QED) is 0.625. The van der Waals surface area contributed by atoms with Crippen LogP contribution < -0.4 is 9.47 Å². The van der Waals surface area contributed by atoms with Crippen molar-refractivity contribution in [3.05, 3.63) is 83.7 Å². The second kappa shape index (κ2) is 7.17. The highest BCUT2D eigenvalue weighted by atomic mass is 15.1. The molecule has 0 radical (unpaired) electrons. The third-order valence-electron chi connectivity index (χ3n) is 5.22. The Bertz CT molecular complexity index is 939. The number of nitrogens with zero attached hydrogens (tertiary/aromatic N) is 2. The molecular formula is C24H25N2+. The minimum Gasteiger partial charge on any atom is -0.374 e. The normalized spacial score (nSPS) is 13.8. The van der Waals surface area contributed by atoms with E-state index in [1.807, 2.05) is 6.07 Å². The fourth-order valence-corrected chi connectivity index (χ4v) is 3.64. The van der Waals surface area contributed by atoms with Crippen molar-refractivity contribution < 1.29 is 4.57 Å². The Balaban J connectivity index is 1.56. The second-order valence-electron chi connectivity index (χ2n) is 7.06. The van der Waals surface area contributed by atoms with Crippen LogP contribution in [0.15, 0.2) is 66.9 Å². The summed E-state index contributed by atoms with van der Waals surface area (Å²) in [6, 6.07) is 21.9. The summed E-state index contributed by atoms with van der Waals surface area (Å²) in [5.41, 5.74) is 7.85. The fraction of sp³-hybridized carbons (Fsp3) is 0.208. The largest absolute Gasteiger partial charge is 0.374 e. The molecule has 0 fully saturated rings. The van der Waals surface area contributed by atoms with Gasteiger partial charge in [-0.25, -0.2) is 4.57 Å². The summed E-state index contributed by atoms with van der Waals surface area (Å²) >= 11 is 0. The number of fused-ring (bicyclic) bond motifs is 1. The van der Waals surface area contributed by atoms with Gasteiger partial charge in [-0.2, -0.15) is 0 Å². The lowest BCUT2D eigenvalue weighted by Crippen LogP contribution is -2.30. The summed E-state index contributed by atoms with van der Waals surface area (Å²) in [6.45, 7) is 1.16. The Labute approximate surface area is 156 Å². The lowest BCUT2D eigenvalue weighted by Gasteiger charge is -2.27. The molecule has 0 bridgehead atoms. The number of hydrogen-bond donors (Lipinski definition) is 0. The van der Waals surface area contributed by atoms with Crippen LogP contribution in [-0.4, -0.2) is 13.6 Å². The van der Waals surface area contributed by atoms with E-state index in [9.17, 15) is 0 Å². The van der Waals surface area contributed by atoms with E-state index in [1.54, 1.807) is 0 Å². The van der Waals surface area contributed by atoms with Gasteiger partial charge in [0.2, 0.25) is 5.69 Å². The maximum absolute atomic E-state index is 2.36. The summed E-state index contributed by atoms with van der Waals surface area (Å²) in [4.78, 5) is 2.36. The van der Waals surface area contributed by atoms with Crippen LogP contribution in [0.2, 0.25) is 0 Å². The highest BCUT2D eigenvalue weighted by Gasteiger charge is 2.14. The Kier molecular flexibility index (Phi) is 4.57. The van der Waals surface area contributed by atoms with Crippen LogP contribution in [0.25, 0.3) is 23.3 Å². The summed E-state index contributed by atoms with van der Waals surface area (Å²) in [6.07, 6.45) is 8.82. The summed E-state index contributed by atoms with van der Waals surface area (Å²) in [5.74, 6) is 0. The average molecular weight is 341 g/mol. The molecule has 2 heteroatoms. The molecule has 0 saturated heterocycles. The summed E-state index contributed by atoms with van der Waals surface area (Å²) in [5, 5.41) is 0. The van der Waals surface area contributed by atoms with Gasteiger partial charge in [0.05, 0.1) is 0 Å². The van der Waals surface area contributed by atoms with Crippen molar-refractivity contribution in [2.75, 3.05) is 18.5 Å². The van der Waals surface area contributed by atoms with E-state index in [-0.39, 0.29) is 0 Å². The SMILES string of the molecule is CN1CCCc2cc(-c3ccc(/C=C/c4cccc[n+]4C)cc3)ccc21. The zero-order valence-corrected chi connectivity index (χ0v) is 15.5. The van der Waals surface area contributed by atoms with Crippen LogP contribution in [0.5, 0.6) is 0 Å². The predicted octanol–water partition coefficient (Wildman–Crippen LogP) is 4.73. The predicted molar refractivity (Wildman–Crippen MR) is 110 cm³/mol. The molecule has 2 aromatic carbocycles. The molecule has 0 saturated carbocycles. The van der Waals surface area contributed by atoms with E-state index in [0.29, 0.717) is 0 Å². The number of anilines is 1. The van der Waals surface area contributed by atoms with Gasteiger partial charge in [0, 0.05) is 37.5 Å². The third kappa shape index (κ3) is 3.41. The van der Waals surface area contributed by atoms with E-state index in [0.717, 1.165) is 6.54 Å². The average Bonchev–Trinajstić information content (AvgIpc) is 2.68. The second-order valence-corrected chi connectivity index (χ2v) is 7.06. The number of aryl methyl sites for hydroxylation is 2. The fourth-order valence-electron chi connectivity index (χ4n) is 3.64. The van der Waals surface area contributed by atoms with Crippen molar-refractivity contribution in [1.82, 2.24) is 0 Å². The Morgan fingerprint density at radius 3 is 2.54 bits per heavy atom. The number of pyridine rings is 1. The monoisotopic (exact) mass is 341 g/mol. The molecule has 0 N–H and O–H groups in total. The molecule has 1 aliphatic rings. The van der Waals surface area contributed by atoms with Crippen LogP contribution >= 0.6 is 0 Å². The van der Waals surface area contributed by atoms with Crippen LogP contribution in [0.4, 0.5) is 5.69 Å². The summed E-state index contributed by atoms with van der Waals surface area (Å²) in [7, 11) is 4.25. The lowest BCUT2D eigenvalue weighted by molar-refractivity contribution is -0.673. The molecule has 26 heavy (non-hydrogen) atoms. The van der Waals surface area contributed by atoms with Gasteiger partial charge in [-0.15, -0.1) is 0 Å². The van der Waals surface area contributed by atoms with Gasteiger partial charge in [0.15, 0.2) is 6.20 Å². The van der Waals surface area contributed by atoms with Crippen LogP contribution in [0.3, 0.4) is 0 Å². The van der Waals surface area contributed by atoms with Gasteiger partial charge in [0.25, 0.3) is 0 Å². The Morgan fingerprint density at radius 1 is 0.923 bits per heavy atom. The highest BCUT2D eigenvalue weighted by molar-refractivity contribution is 5.72. The van der Waals surface area contributed by atoms with Crippen molar-refractivity contribution in [1.29, 1.82) is 0 Å². The van der Waals surface area contributed by atoms with Gasteiger partial charge < -0.3 is 4.90 Å². The molecule has 1 aliphatic heterocycles. The molecule has 0 atom stereocenters. The third-order valence-corrected chi connectivity index (χ3v) is 5.22. The molecule has 0 amide bonds. The van der Waals surface area contributed by atoms with E-state index in [4.69, 9.17) is 0 Å². The van der Waals surface area contributed by atoms with Gasteiger partial charge >= 0.3 is 0 Å². The Hall–Kier alpha value is -2.87. The van der Waals surface area contributed by atoms with Crippen molar-refractivity contribution in [2.24, 2.45) is 7.05 Å². The van der Waals surface area contributed by atoms with Gasteiger partial charge in [0.1, 0.15) is 7.05 Å². The summed E-state index contributed by atoms with van der Waals surface area (Å²) < 4.78 is 2.12. The van der Waals surface area contributed by atoms with Gasteiger partial charge in [-0.05, 0) is 59.4 Å². The first kappa shape index (κ1) is 16.6. The van der Waals surface area contributed by atoms with Crippen LogP contribution in [-0.2, 0) is 13.5 Å². The number of aromatic nitrogens is 1. The first-order valence-corrected chi connectivity index (χ1v) is 9.28. The topological polar surface area (TPSA) is 7.12 Å². The van der Waals surface area contributed by atoms with Gasteiger partial charge in [-0.1, -0.05) is 30.3 Å². The smallest absolute Gasteiger partial charge is 0.204 e.